The van der Waals surface area contributed by atoms with E-state index in [1.807, 2.05) is 0 Å². The van der Waals surface area contributed by atoms with E-state index in [1.165, 1.54) is 48.6 Å². The lowest BCUT2D eigenvalue weighted by atomic mass is 10.2. The summed E-state index contributed by atoms with van der Waals surface area (Å²) >= 11 is 0. The van der Waals surface area contributed by atoms with Gasteiger partial charge in [0.2, 0.25) is 0 Å². The summed E-state index contributed by atoms with van der Waals surface area (Å²) in [6.45, 7) is -0.736. The SMILES string of the molecule is O=C(/C=C/c1ccc(O)cc1)OCC(O)COC(=O)/C=C/c1ccc(O)c(O)c1. The molecule has 0 heterocycles. The van der Waals surface area contributed by atoms with Crippen molar-refractivity contribution in [1.82, 2.24) is 0 Å². The minimum Gasteiger partial charge on any atom is -0.508 e. The van der Waals surface area contributed by atoms with Crippen molar-refractivity contribution in [3.8, 4) is 17.2 Å². The molecule has 0 bridgehead atoms. The molecule has 2 aromatic rings. The predicted octanol–water partition coefficient (Wildman–Crippen LogP) is 1.98. The molecule has 0 saturated heterocycles. The van der Waals surface area contributed by atoms with Crippen LogP contribution in [0.1, 0.15) is 11.1 Å². The van der Waals surface area contributed by atoms with E-state index in [9.17, 15) is 30.0 Å². The highest BCUT2D eigenvalue weighted by Crippen LogP contribution is 2.25. The van der Waals surface area contributed by atoms with Crippen LogP contribution in [0.2, 0.25) is 0 Å². The van der Waals surface area contributed by atoms with Crippen molar-refractivity contribution in [2.24, 2.45) is 0 Å². The summed E-state index contributed by atoms with van der Waals surface area (Å²) in [6, 6.07) is 10.2. The predicted molar refractivity (Wildman–Crippen MR) is 104 cm³/mol. The second kappa shape index (κ2) is 10.5. The zero-order valence-electron chi connectivity index (χ0n) is 15.3. The molecule has 0 aliphatic heterocycles. The second-order valence-corrected chi connectivity index (χ2v) is 5.92. The minimum atomic E-state index is -1.20. The number of aliphatic hydroxyl groups is 1. The fraction of sp³-hybridized carbons (Fsp3) is 0.143. The number of carbonyl (C=O) groups excluding carboxylic acids is 2. The number of hydrogen-bond acceptors (Lipinski definition) is 8. The van der Waals surface area contributed by atoms with Crippen LogP contribution < -0.4 is 0 Å². The molecule has 152 valence electrons. The molecule has 0 aromatic heterocycles. The van der Waals surface area contributed by atoms with Crippen LogP contribution in [-0.2, 0) is 19.1 Å². The van der Waals surface area contributed by atoms with Crippen molar-refractivity contribution >= 4 is 24.1 Å². The number of ether oxygens (including phenoxy) is 2. The van der Waals surface area contributed by atoms with Crippen molar-refractivity contribution in [1.29, 1.82) is 0 Å². The summed E-state index contributed by atoms with van der Waals surface area (Å²) in [7, 11) is 0. The summed E-state index contributed by atoms with van der Waals surface area (Å²) < 4.78 is 9.68. The zero-order chi connectivity index (χ0) is 21.2. The highest BCUT2D eigenvalue weighted by Gasteiger charge is 2.10. The molecule has 0 radical (unpaired) electrons. The highest BCUT2D eigenvalue weighted by molar-refractivity contribution is 5.87. The Morgan fingerprint density at radius 2 is 1.31 bits per heavy atom. The summed E-state index contributed by atoms with van der Waals surface area (Å²) in [5, 5.41) is 37.5. The van der Waals surface area contributed by atoms with Crippen LogP contribution in [0.5, 0.6) is 17.2 Å². The quantitative estimate of drug-likeness (QED) is 0.300. The van der Waals surface area contributed by atoms with E-state index in [-0.39, 0.29) is 30.5 Å². The molecule has 2 rings (SSSR count). The maximum atomic E-state index is 11.6. The molecule has 0 spiro atoms. The van der Waals surface area contributed by atoms with Crippen LogP contribution in [0.15, 0.2) is 54.6 Å². The molecule has 29 heavy (non-hydrogen) atoms. The fourth-order valence-corrected chi connectivity index (χ4v) is 2.06. The molecular weight excluding hydrogens is 380 g/mol. The van der Waals surface area contributed by atoms with E-state index < -0.39 is 18.0 Å². The lowest BCUT2D eigenvalue weighted by molar-refractivity contribution is -0.146. The third-order valence-corrected chi connectivity index (χ3v) is 3.55. The Bertz CT molecular complexity index is 899. The van der Waals surface area contributed by atoms with Gasteiger partial charge in [0.1, 0.15) is 25.1 Å². The lowest BCUT2D eigenvalue weighted by Gasteiger charge is -2.10. The van der Waals surface area contributed by atoms with Crippen molar-refractivity contribution in [3.05, 3.63) is 65.7 Å². The van der Waals surface area contributed by atoms with Gasteiger partial charge in [-0.1, -0.05) is 18.2 Å². The number of benzene rings is 2. The maximum Gasteiger partial charge on any atom is 0.330 e. The number of aromatic hydroxyl groups is 3. The average molecular weight is 400 g/mol. The van der Waals surface area contributed by atoms with Crippen LogP contribution in [-0.4, -0.2) is 51.7 Å². The van der Waals surface area contributed by atoms with Gasteiger partial charge in [-0.25, -0.2) is 9.59 Å². The molecule has 0 aliphatic carbocycles. The van der Waals surface area contributed by atoms with Crippen LogP contribution in [0.3, 0.4) is 0 Å². The first-order valence-electron chi connectivity index (χ1n) is 8.52. The van der Waals surface area contributed by atoms with Crippen LogP contribution >= 0.6 is 0 Å². The van der Waals surface area contributed by atoms with E-state index in [0.29, 0.717) is 11.1 Å². The third kappa shape index (κ3) is 7.77. The normalized spacial score (nSPS) is 12.2. The molecule has 4 N–H and O–H groups in total. The van der Waals surface area contributed by atoms with Gasteiger partial charge in [-0.15, -0.1) is 0 Å². The van der Waals surface area contributed by atoms with E-state index in [4.69, 9.17) is 9.47 Å². The second-order valence-electron chi connectivity index (χ2n) is 5.92. The van der Waals surface area contributed by atoms with Crippen molar-refractivity contribution in [2.75, 3.05) is 13.2 Å². The zero-order valence-corrected chi connectivity index (χ0v) is 15.3. The topological polar surface area (TPSA) is 134 Å². The lowest BCUT2D eigenvalue weighted by Crippen LogP contribution is -2.24. The molecule has 0 saturated carbocycles. The fourth-order valence-electron chi connectivity index (χ4n) is 2.06. The van der Waals surface area contributed by atoms with Gasteiger partial charge in [0.25, 0.3) is 0 Å². The number of carbonyl (C=O) groups is 2. The summed E-state index contributed by atoms with van der Waals surface area (Å²) in [6.07, 6.45) is 3.91. The molecule has 8 nitrogen and oxygen atoms in total. The first kappa shape index (κ1) is 21.5. The number of aliphatic hydroxyl groups excluding tert-OH is 1. The molecule has 2 aromatic carbocycles. The maximum absolute atomic E-state index is 11.6. The average Bonchev–Trinajstić information content (AvgIpc) is 2.71. The Morgan fingerprint density at radius 3 is 1.86 bits per heavy atom. The Labute approximate surface area is 166 Å². The van der Waals surface area contributed by atoms with Crippen LogP contribution in [0, 0.1) is 0 Å². The smallest absolute Gasteiger partial charge is 0.330 e. The molecular formula is C21H20O8. The van der Waals surface area contributed by atoms with Gasteiger partial charge in [0.05, 0.1) is 0 Å². The Morgan fingerprint density at radius 1 is 0.793 bits per heavy atom. The third-order valence-electron chi connectivity index (χ3n) is 3.55. The number of esters is 2. The van der Waals surface area contributed by atoms with Crippen molar-refractivity contribution < 1.29 is 39.5 Å². The van der Waals surface area contributed by atoms with Crippen molar-refractivity contribution in [2.45, 2.75) is 6.10 Å². The number of phenols is 3. The Balaban J connectivity index is 1.70. The summed E-state index contributed by atoms with van der Waals surface area (Å²) in [5.41, 5.74) is 1.15. The number of hydrogen-bond donors (Lipinski definition) is 4. The standard InChI is InChI=1S/C21H20O8/c22-16-6-1-14(2-7-16)4-9-20(26)28-12-17(23)13-29-21(27)10-5-15-3-8-18(24)19(25)11-15/h1-11,17,22-25H,12-13H2/b9-4+,10-5+. The first-order chi connectivity index (χ1) is 13.8. The van der Waals surface area contributed by atoms with Crippen LogP contribution in [0.4, 0.5) is 0 Å². The largest absolute Gasteiger partial charge is 0.508 e. The van der Waals surface area contributed by atoms with Gasteiger partial charge >= 0.3 is 11.9 Å². The molecule has 0 fully saturated rings. The van der Waals surface area contributed by atoms with Crippen molar-refractivity contribution in [3.63, 3.8) is 0 Å². The minimum absolute atomic E-state index is 0.110. The van der Waals surface area contributed by atoms with Gasteiger partial charge in [0.15, 0.2) is 11.5 Å². The van der Waals surface area contributed by atoms with Gasteiger partial charge < -0.3 is 29.9 Å². The first-order valence-corrected chi connectivity index (χ1v) is 8.52. The molecule has 1 atom stereocenters. The van der Waals surface area contributed by atoms with Crippen LogP contribution in [0.25, 0.3) is 12.2 Å². The number of phenolic OH excluding ortho intramolecular Hbond substituents is 3. The molecule has 0 amide bonds. The summed E-state index contributed by atoms with van der Waals surface area (Å²) in [5.74, 6) is -1.92. The van der Waals surface area contributed by atoms with E-state index >= 15 is 0 Å². The van der Waals surface area contributed by atoms with Gasteiger partial charge in [-0.3, -0.25) is 0 Å². The molecule has 8 heteroatoms. The molecule has 0 aliphatic rings. The number of rotatable bonds is 8. The Kier molecular flexibility index (Phi) is 7.81. The van der Waals surface area contributed by atoms with E-state index in [2.05, 4.69) is 0 Å². The van der Waals surface area contributed by atoms with E-state index in [1.54, 1.807) is 12.1 Å². The summed E-state index contributed by atoms with van der Waals surface area (Å²) in [4.78, 5) is 23.2. The van der Waals surface area contributed by atoms with E-state index in [0.717, 1.165) is 6.08 Å². The molecule has 1 unspecified atom stereocenters. The van der Waals surface area contributed by atoms with Gasteiger partial charge in [0, 0.05) is 12.2 Å². The van der Waals surface area contributed by atoms with Gasteiger partial charge in [-0.2, -0.15) is 0 Å². The Hall–Kier alpha value is -3.78. The monoisotopic (exact) mass is 400 g/mol. The highest BCUT2D eigenvalue weighted by atomic mass is 16.6. The van der Waals surface area contributed by atoms with Gasteiger partial charge in [-0.05, 0) is 47.5 Å².